The predicted octanol–water partition coefficient (Wildman–Crippen LogP) is 4.17. The SMILES string of the molecule is CCNc1cc(NCCCC2CCCC2)nc(C2CC2)n1. The molecule has 0 aromatic carbocycles. The van der Waals surface area contributed by atoms with Crippen LogP contribution in [0.5, 0.6) is 0 Å². The molecule has 4 heteroatoms. The van der Waals surface area contributed by atoms with Gasteiger partial charge in [0, 0.05) is 25.1 Å². The second kappa shape index (κ2) is 7.10. The quantitative estimate of drug-likeness (QED) is 0.705. The molecule has 4 nitrogen and oxygen atoms in total. The van der Waals surface area contributed by atoms with Gasteiger partial charge in [-0.05, 0) is 38.5 Å². The molecule has 0 spiro atoms. The number of nitrogens with one attached hydrogen (secondary N) is 2. The van der Waals surface area contributed by atoms with Crippen LogP contribution in [0.2, 0.25) is 0 Å². The first kappa shape index (κ1) is 14.6. The molecule has 2 N–H and O–H groups in total. The van der Waals surface area contributed by atoms with E-state index in [0.717, 1.165) is 36.5 Å². The van der Waals surface area contributed by atoms with Crippen LogP contribution in [-0.4, -0.2) is 23.1 Å². The number of aromatic nitrogens is 2. The summed E-state index contributed by atoms with van der Waals surface area (Å²) in [6.07, 6.45) is 10.9. The van der Waals surface area contributed by atoms with Crippen LogP contribution < -0.4 is 10.6 Å². The Morgan fingerprint density at radius 2 is 1.76 bits per heavy atom. The van der Waals surface area contributed by atoms with Crippen molar-refractivity contribution in [2.45, 2.75) is 64.2 Å². The van der Waals surface area contributed by atoms with Crippen molar-refractivity contribution in [3.8, 4) is 0 Å². The summed E-state index contributed by atoms with van der Waals surface area (Å²) in [5.74, 6) is 4.56. The maximum absolute atomic E-state index is 4.68. The Labute approximate surface area is 128 Å². The standard InChI is InChI=1S/C17H28N4/c1-2-18-15-12-16(21-17(20-15)14-9-10-14)19-11-5-8-13-6-3-4-7-13/h12-14H,2-11H2,1H3,(H2,18,19,20,21). The first-order valence-electron chi connectivity index (χ1n) is 8.72. The predicted molar refractivity (Wildman–Crippen MR) is 87.9 cm³/mol. The molecule has 21 heavy (non-hydrogen) atoms. The van der Waals surface area contributed by atoms with Gasteiger partial charge in [0.05, 0.1) is 0 Å². The Bertz CT molecular complexity index is 450. The van der Waals surface area contributed by atoms with Crippen LogP contribution in [0.1, 0.15) is 70.0 Å². The minimum absolute atomic E-state index is 0.600. The van der Waals surface area contributed by atoms with Crippen LogP contribution in [0.4, 0.5) is 11.6 Å². The highest BCUT2D eigenvalue weighted by atomic mass is 15.1. The molecule has 2 fully saturated rings. The van der Waals surface area contributed by atoms with Crippen molar-refractivity contribution < 1.29 is 0 Å². The zero-order valence-electron chi connectivity index (χ0n) is 13.2. The molecule has 0 radical (unpaired) electrons. The Balaban J connectivity index is 1.51. The highest BCUT2D eigenvalue weighted by Crippen LogP contribution is 2.38. The van der Waals surface area contributed by atoms with Gasteiger partial charge >= 0.3 is 0 Å². The van der Waals surface area contributed by atoms with Gasteiger partial charge in [-0.25, -0.2) is 9.97 Å². The summed E-state index contributed by atoms with van der Waals surface area (Å²) in [5.41, 5.74) is 0. The molecular weight excluding hydrogens is 260 g/mol. The van der Waals surface area contributed by atoms with Crippen molar-refractivity contribution in [1.29, 1.82) is 0 Å². The van der Waals surface area contributed by atoms with E-state index in [2.05, 4.69) is 27.5 Å². The van der Waals surface area contributed by atoms with E-state index in [1.807, 2.05) is 6.07 Å². The molecule has 3 rings (SSSR count). The van der Waals surface area contributed by atoms with Crippen LogP contribution >= 0.6 is 0 Å². The highest BCUT2D eigenvalue weighted by Gasteiger charge is 2.27. The number of nitrogens with zero attached hydrogens (tertiary/aromatic N) is 2. The molecule has 116 valence electrons. The third-order valence-electron chi connectivity index (χ3n) is 4.61. The lowest BCUT2D eigenvalue weighted by Crippen LogP contribution is -2.09. The summed E-state index contributed by atoms with van der Waals surface area (Å²) in [6, 6.07) is 2.05. The van der Waals surface area contributed by atoms with Gasteiger partial charge in [-0.3, -0.25) is 0 Å². The maximum atomic E-state index is 4.68. The van der Waals surface area contributed by atoms with Gasteiger partial charge in [0.25, 0.3) is 0 Å². The third-order valence-corrected chi connectivity index (χ3v) is 4.61. The number of rotatable bonds is 8. The largest absolute Gasteiger partial charge is 0.370 e. The fraction of sp³-hybridized carbons (Fsp3) is 0.765. The molecule has 0 amide bonds. The van der Waals surface area contributed by atoms with E-state index < -0.39 is 0 Å². The van der Waals surface area contributed by atoms with Crippen molar-refractivity contribution >= 4 is 11.6 Å². The summed E-state index contributed by atoms with van der Waals surface area (Å²) >= 11 is 0. The van der Waals surface area contributed by atoms with Gasteiger partial charge in [0.15, 0.2) is 0 Å². The lowest BCUT2D eigenvalue weighted by Gasteiger charge is -2.12. The minimum Gasteiger partial charge on any atom is -0.370 e. The molecule has 0 saturated heterocycles. The Kier molecular flexibility index (Phi) is 4.94. The molecular formula is C17H28N4. The molecule has 0 atom stereocenters. The van der Waals surface area contributed by atoms with E-state index in [9.17, 15) is 0 Å². The minimum atomic E-state index is 0.600. The highest BCUT2D eigenvalue weighted by molar-refractivity contribution is 5.48. The Hall–Kier alpha value is -1.32. The zero-order valence-corrected chi connectivity index (χ0v) is 13.2. The van der Waals surface area contributed by atoms with E-state index in [1.54, 1.807) is 0 Å². The summed E-state index contributed by atoms with van der Waals surface area (Å²) in [5, 5.41) is 6.81. The molecule has 0 aliphatic heterocycles. The maximum Gasteiger partial charge on any atom is 0.136 e. The van der Waals surface area contributed by atoms with Crippen molar-refractivity contribution in [2.24, 2.45) is 5.92 Å². The van der Waals surface area contributed by atoms with E-state index >= 15 is 0 Å². The molecule has 0 bridgehead atoms. The van der Waals surface area contributed by atoms with Crippen LogP contribution in [0.15, 0.2) is 6.07 Å². The van der Waals surface area contributed by atoms with E-state index in [-0.39, 0.29) is 0 Å². The zero-order chi connectivity index (χ0) is 14.5. The van der Waals surface area contributed by atoms with Gasteiger partial charge in [-0.15, -0.1) is 0 Å². The monoisotopic (exact) mass is 288 g/mol. The van der Waals surface area contributed by atoms with E-state index in [1.165, 1.54) is 51.4 Å². The van der Waals surface area contributed by atoms with Gasteiger partial charge in [-0.1, -0.05) is 25.7 Å². The van der Waals surface area contributed by atoms with Crippen molar-refractivity contribution in [1.82, 2.24) is 9.97 Å². The third kappa shape index (κ3) is 4.32. The second-order valence-electron chi connectivity index (χ2n) is 6.52. The fourth-order valence-electron chi connectivity index (χ4n) is 3.26. The summed E-state index contributed by atoms with van der Waals surface area (Å²) in [7, 11) is 0. The van der Waals surface area contributed by atoms with Crippen LogP contribution in [0, 0.1) is 5.92 Å². The van der Waals surface area contributed by atoms with Crippen LogP contribution in [0.3, 0.4) is 0 Å². The molecule has 1 aromatic rings. The first-order chi connectivity index (χ1) is 10.3. The van der Waals surface area contributed by atoms with Crippen molar-refractivity contribution in [2.75, 3.05) is 23.7 Å². The second-order valence-corrected chi connectivity index (χ2v) is 6.52. The molecule has 0 unspecified atom stereocenters. The number of anilines is 2. The Morgan fingerprint density at radius 1 is 1.05 bits per heavy atom. The fourth-order valence-corrected chi connectivity index (χ4v) is 3.26. The van der Waals surface area contributed by atoms with Crippen LogP contribution in [-0.2, 0) is 0 Å². The van der Waals surface area contributed by atoms with E-state index in [0.29, 0.717) is 5.92 Å². The topological polar surface area (TPSA) is 49.8 Å². The molecule has 2 aliphatic carbocycles. The van der Waals surface area contributed by atoms with Crippen molar-refractivity contribution in [3.63, 3.8) is 0 Å². The summed E-state index contributed by atoms with van der Waals surface area (Å²) in [4.78, 5) is 9.30. The molecule has 2 aliphatic rings. The molecule has 2 saturated carbocycles. The van der Waals surface area contributed by atoms with Gasteiger partial charge in [-0.2, -0.15) is 0 Å². The molecule has 1 aromatic heterocycles. The Morgan fingerprint density at radius 3 is 2.43 bits per heavy atom. The lowest BCUT2D eigenvalue weighted by molar-refractivity contribution is 0.491. The molecule has 1 heterocycles. The van der Waals surface area contributed by atoms with Crippen LogP contribution in [0.25, 0.3) is 0 Å². The van der Waals surface area contributed by atoms with Gasteiger partial charge in [0.1, 0.15) is 17.5 Å². The average molecular weight is 288 g/mol. The lowest BCUT2D eigenvalue weighted by atomic mass is 10.0. The van der Waals surface area contributed by atoms with Gasteiger partial charge in [0.2, 0.25) is 0 Å². The number of hydrogen-bond donors (Lipinski definition) is 2. The average Bonchev–Trinajstić information content (AvgIpc) is 3.21. The van der Waals surface area contributed by atoms with Crippen molar-refractivity contribution in [3.05, 3.63) is 11.9 Å². The first-order valence-corrected chi connectivity index (χ1v) is 8.72. The summed E-state index contributed by atoms with van der Waals surface area (Å²) in [6.45, 7) is 4.04. The van der Waals surface area contributed by atoms with Gasteiger partial charge < -0.3 is 10.6 Å². The summed E-state index contributed by atoms with van der Waals surface area (Å²) < 4.78 is 0. The normalized spacial score (nSPS) is 18.9. The smallest absolute Gasteiger partial charge is 0.136 e. The number of hydrogen-bond acceptors (Lipinski definition) is 4. The van der Waals surface area contributed by atoms with E-state index in [4.69, 9.17) is 0 Å².